The third-order valence-corrected chi connectivity index (χ3v) is 6.18. The summed E-state index contributed by atoms with van der Waals surface area (Å²) in [5.41, 5.74) is 0.00494. The maximum atomic E-state index is 12.6. The van der Waals surface area contributed by atoms with Crippen molar-refractivity contribution < 1.29 is 27.5 Å². The van der Waals surface area contributed by atoms with E-state index in [1.54, 1.807) is 6.07 Å². The number of amides is 1. The number of hydrogen-bond acceptors (Lipinski definition) is 9. The fourth-order valence-electron chi connectivity index (χ4n) is 2.23. The monoisotopic (exact) mass is 499 g/mol. The van der Waals surface area contributed by atoms with E-state index in [2.05, 4.69) is 26.4 Å². The molecule has 0 radical (unpaired) electrons. The number of hydrogen-bond donors (Lipinski definition) is 2. The van der Waals surface area contributed by atoms with Gasteiger partial charge in [0, 0.05) is 22.2 Å². The molecule has 0 unspecified atom stereocenters. The standard InChI is InChI=1S/C16H10BrN3O7S2/c17-10-1-6-13(9(7-10)8-14-15(21)18-16(19-22)28-14)27-29(25,26)12-4-2-11(3-5-12)20(23)24/h1-8,22H,(H,18,19,21). The molecule has 3 rings (SSSR count). The maximum absolute atomic E-state index is 12.6. The molecule has 1 aliphatic heterocycles. The maximum Gasteiger partial charge on any atom is 0.339 e. The number of nitro groups is 1. The molecule has 0 aromatic heterocycles. The summed E-state index contributed by atoms with van der Waals surface area (Å²) in [5.74, 6) is -0.589. The number of oxime groups is 1. The first-order chi connectivity index (χ1) is 13.7. The van der Waals surface area contributed by atoms with E-state index in [0.717, 1.165) is 36.0 Å². The Morgan fingerprint density at radius 2 is 1.93 bits per heavy atom. The Morgan fingerprint density at radius 3 is 2.52 bits per heavy atom. The van der Waals surface area contributed by atoms with Crippen LogP contribution in [0, 0.1) is 10.1 Å². The summed E-state index contributed by atoms with van der Waals surface area (Å²) in [6.45, 7) is 0. The van der Waals surface area contributed by atoms with Crippen LogP contribution in [0.2, 0.25) is 0 Å². The topological polar surface area (TPSA) is 148 Å². The predicted molar refractivity (Wildman–Crippen MR) is 108 cm³/mol. The zero-order valence-electron chi connectivity index (χ0n) is 14.1. The Balaban J connectivity index is 1.95. The van der Waals surface area contributed by atoms with E-state index in [4.69, 9.17) is 9.39 Å². The Hall–Kier alpha value is -2.90. The van der Waals surface area contributed by atoms with Crippen molar-refractivity contribution in [1.29, 1.82) is 0 Å². The van der Waals surface area contributed by atoms with Crippen LogP contribution in [0.25, 0.3) is 6.08 Å². The van der Waals surface area contributed by atoms with Gasteiger partial charge >= 0.3 is 10.1 Å². The molecule has 29 heavy (non-hydrogen) atoms. The van der Waals surface area contributed by atoms with Gasteiger partial charge in [-0.3, -0.25) is 20.2 Å². The number of nitrogens with zero attached hydrogens (tertiary/aromatic N) is 2. The summed E-state index contributed by atoms with van der Waals surface area (Å²) in [7, 11) is -4.29. The molecule has 1 saturated heterocycles. The lowest BCUT2D eigenvalue weighted by atomic mass is 10.2. The second-order valence-electron chi connectivity index (χ2n) is 5.44. The summed E-state index contributed by atoms with van der Waals surface area (Å²) < 4.78 is 30.9. The minimum Gasteiger partial charge on any atom is -0.409 e. The average molecular weight is 500 g/mol. The van der Waals surface area contributed by atoms with Crippen LogP contribution in [0.5, 0.6) is 5.75 Å². The highest BCUT2D eigenvalue weighted by molar-refractivity contribution is 9.10. The van der Waals surface area contributed by atoms with Crippen molar-refractivity contribution in [3.05, 3.63) is 67.5 Å². The zero-order chi connectivity index (χ0) is 21.2. The fraction of sp³-hybridized carbons (Fsp3) is 0. The quantitative estimate of drug-likeness (QED) is 0.209. The Morgan fingerprint density at radius 1 is 1.24 bits per heavy atom. The molecule has 1 amide bonds. The second kappa shape index (κ2) is 8.23. The lowest BCUT2D eigenvalue weighted by Gasteiger charge is -2.10. The minimum absolute atomic E-state index is 0.0165. The van der Waals surface area contributed by atoms with Crippen molar-refractivity contribution in [2.75, 3.05) is 0 Å². The number of benzene rings is 2. The first-order valence-corrected chi connectivity index (χ1v) is 10.6. The van der Waals surface area contributed by atoms with Crippen LogP contribution < -0.4 is 9.50 Å². The molecule has 150 valence electrons. The molecule has 1 aliphatic rings. The van der Waals surface area contributed by atoms with Crippen molar-refractivity contribution in [3.8, 4) is 5.75 Å². The zero-order valence-corrected chi connectivity index (χ0v) is 17.3. The van der Waals surface area contributed by atoms with Gasteiger partial charge in [-0.05, 0) is 48.2 Å². The van der Waals surface area contributed by atoms with Crippen LogP contribution in [0.3, 0.4) is 0 Å². The SMILES string of the molecule is O=C1NC(=NO)SC1=Cc1cc(Br)ccc1OS(=O)(=O)c1ccc([N+](=O)[O-])cc1. The Bertz CT molecular complexity index is 1160. The number of carbonyl (C=O) groups excluding carboxylic acids is 1. The average Bonchev–Trinajstić information content (AvgIpc) is 3.03. The van der Waals surface area contributed by atoms with Crippen LogP contribution in [0.15, 0.2) is 61.9 Å². The van der Waals surface area contributed by atoms with E-state index >= 15 is 0 Å². The molecule has 13 heteroatoms. The Kier molecular flexibility index (Phi) is 5.91. The number of non-ortho nitro benzene ring substituents is 1. The van der Waals surface area contributed by atoms with Gasteiger partial charge in [0.05, 0.1) is 9.83 Å². The highest BCUT2D eigenvalue weighted by Gasteiger charge is 2.25. The number of rotatable bonds is 5. The van der Waals surface area contributed by atoms with Crippen LogP contribution >= 0.6 is 27.7 Å². The first kappa shape index (κ1) is 20.8. The molecule has 0 bridgehead atoms. The first-order valence-electron chi connectivity index (χ1n) is 7.61. The number of thioether (sulfide) groups is 1. The van der Waals surface area contributed by atoms with Gasteiger partial charge in [0.25, 0.3) is 11.6 Å². The van der Waals surface area contributed by atoms with Crippen LogP contribution in [-0.4, -0.2) is 29.6 Å². The third kappa shape index (κ3) is 4.75. The number of amidine groups is 1. The molecule has 2 aromatic carbocycles. The van der Waals surface area contributed by atoms with E-state index in [1.807, 2.05) is 0 Å². The van der Waals surface area contributed by atoms with Crippen molar-refractivity contribution in [1.82, 2.24) is 5.32 Å². The molecular weight excluding hydrogens is 490 g/mol. The van der Waals surface area contributed by atoms with Gasteiger partial charge in [0.15, 0.2) is 0 Å². The summed E-state index contributed by atoms with van der Waals surface area (Å²) in [5, 5.41) is 24.7. The minimum atomic E-state index is -4.29. The van der Waals surface area contributed by atoms with E-state index in [-0.39, 0.29) is 32.0 Å². The summed E-state index contributed by atoms with van der Waals surface area (Å²) in [6, 6.07) is 8.70. The molecule has 0 aliphatic carbocycles. The molecule has 2 aromatic rings. The number of nitro benzene ring substituents is 1. The summed E-state index contributed by atoms with van der Waals surface area (Å²) in [4.78, 5) is 21.9. The molecule has 2 N–H and O–H groups in total. The molecule has 0 spiro atoms. The normalized spacial score (nSPS) is 16.8. The van der Waals surface area contributed by atoms with E-state index < -0.39 is 20.9 Å². The second-order valence-corrected chi connectivity index (χ2v) is 8.93. The van der Waals surface area contributed by atoms with Gasteiger partial charge in [-0.1, -0.05) is 21.1 Å². The van der Waals surface area contributed by atoms with Crippen molar-refractivity contribution in [2.45, 2.75) is 4.90 Å². The van der Waals surface area contributed by atoms with Crippen molar-refractivity contribution >= 4 is 60.6 Å². The molecule has 0 atom stereocenters. The van der Waals surface area contributed by atoms with E-state index in [0.29, 0.717) is 4.47 Å². The predicted octanol–water partition coefficient (Wildman–Crippen LogP) is 3.07. The molecule has 1 heterocycles. The largest absolute Gasteiger partial charge is 0.409 e. The van der Waals surface area contributed by atoms with Crippen LogP contribution in [0.1, 0.15) is 5.56 Å². The molecule has 0 saturated carbocycles. The van der Waals surface area contributed by atoms with E-state index in [9.17, 15) is 23.3 Å². The summed E-state index contributed by atoms with van der Waals surface area (Å²) in [6.07, 6.45) is 1.38. The Labute approximate surface area is 176 Å². The molecule has 10 nitrogen and oxygen atoms in total. The highest BCUT2D eigenvalue weighted by atomic mass is 79.9. The van der Waals surface area contributed by atoms with Crippen molar-refractivity contribution in [2.24, 2.45) is 5.16 Å². The lowest BCUT2D eigenvalue weighted by Crippen LogP contribution is -2.19. The van der Waals surface area contributed by atoms with Gasteiger partial charge < -0.3 is 9.39 Å². The summed E-state index contributed by atoms with van der Waals surface area (Å²) >= 11 is 4.13. The smallest absolute Gasteiger partial charge is 0.339 e. The fourth-order valence-corrected chi connectivity index (χ4v) is 4.28. The lowest BCUT2D eigenvalue weighted by molar-refractivity contribution is -0.384. The highest BCUT2D eigenvalue weighted by Crippen LogP contribution is 2.32. The number of carbonyl (C=O) groups is 1. The molecule has 1 fully saturated rings. The molecular formula is C16H10BrN3O7S2. The van der Waals surface area contributed by atoms with Gasteiger partial charge in [-0.2, -0.15) is 8.42 Å². The van der Waals surface area contributed by atoms with Crippen LogP contribution in [-0.2, 0) is 14.9 Å². The third-order valence-electron chi connectivity index (χ3n) is 3.54. The van der Waals surface area contributed by atoms with E-state index in [1.165, 1.54) is 18.2 Å². The van der Waals surface area contributed by atoms with Crippen LogP contribution in [0.4, 0.5) is 5.69 Å². The van der Waals surface area contributed by atoms with Gasteiger partial charge in [0.1, 0.15) is 10.6 Å². The number of halogens is 1. The van der Waals surface area contributed by atoms with Gasteiger partial charge in [-0.15, -0.1) is 0 Å². The van der Waals surface area contributed by atoms with Gasteiger partial charge in [0.2, 0.25) is 5.17 Å². The van der Waals surface area contributed by atoms with Gasteiger partial charge in [-0.25, -0.2) is 0 Å². The van der Waals surface area contributed by atoms with Crippen molar-refractivity contribution in [3.63, 3.8) is 0 Å². The number of nitrogens with one attached hydrogen (secondary N) is 1.